The summed E-state index contributed by atoms with van der Waals surface area (Å²) in [5.74, 6) is -0.593. The molecule has 2 aromatic carbocycles. The Balaban J connectivity index is 1.48. The standard InChI is InChI=1S/C19H16ClFN2O4/c20-12-1-3-15(14(21)8-12)22-19(25)11-7-18(24)23(10-11)13-2-4-16-17(9-13)27-6-5-26-16/h1-4,8-9,11H,5-7,10H2,(H,22,25)/t11-/m1/s1. The smallest absolute Gasteiger partial charge is 0.229 e. The van der Waals surface area contributed by atoms with Gasteiger partial charge in [0.2, 0.25) is 11.8 Å². The number of amides is 2. The molecule has 0 spiro atoms. The molecule has 0 saturated carbocycles. The van der Waals surface area contributed by atoms with Crippen LogP contribution in [0.2, 0.25) is 5.02 Å². The van der Waals surface area contributed by atoms with Gasteiger partial charge in [-0.05, 0) is 30.3 Å². The Kier molecular flexibility index (Phi) is 4.61. The van der Waals surface area contributed by atoms with Crippen molar-refractivity contribution >= 4 is 34.8 Å². The van der Waals surface area contributed by atoms with Crippen molar-refractivity contribution < 1.29 is 23.5 Å². The Morgan fingerprint density at radius 3 is 2.70 bits per heavy atom. The van der Waals surface area contributed by atoms with Gasteiger partial charge in [0.05, 0.1) is 11.6 Å². The number of nitrogens with one attached hydrogen (secondary N) is 1. The molecule has 2 amide bonds. The van der Waals surface area contributed by atoms with Gasteiger partial charge in [-0.25, -0.2) is 4.39 Å². The molecular weight excluding hydrogens is 375 g/mol. The summed E-state index contributed by atoms with van der Waals surface area (Å²) in [7, 11) is 0. The summed E-state index contributed by atoms with van der Waals surface area (Å²) < 4.78 is 24.9. The summed E-state index contributed by atoms with van der Waals surface area (Å²) >= 11 is 5.71. The largest absolute Gasteiger partial charge is 0.486 e. The van der Waals surface area contributed by atoms with E-state index in [4.69, 9.17) is 21.1 Å². The Bertz CT molecular complexity index is 921. The molecule has 2 aromatic rings. The molecule has 140 valence electrons. The minimum absolute atomic E-state index is 0.0367. The number of carbonyl (C=O) groups is 2. The van der Waals surface area contributed by atoms with E-state index in [0.717, 1.165) is 6.07 Å². The van der Waals surface area contributed by atoms with Crippen molar-refractivity contribution in [1.82, 2.24) is 0 Å². The summed E-state index contributed by atoms with van der Waals surface area (Å²) in [6.07, 6.45) is 0.0511. The predicted molar refractivity (Wildman–Crippen MR) is 97.9 cm³/mol. The van der Waals surface area contributed by atoms with E-state index in [1.54, 1.807) is 18.2 Å². The van der Waals surface area contributed by atoms with Gasteiger partial charge < -0.3 is 19.7 Å². The SMILES string of the molecule is O=C(Nc1ccc(Cl)cc1F)[C@@H]1CC(=O)N(c2ccc3c(c2)OCCO3)C1. The van der Waals surface area contributed by atoms with Crippen LogP contribution >= 0.6 is 11.6 Å². The second kappa shape index (κ2) is 7.08. The van der Waals surface area contributed by atoms with Gasteiger partial charge in [0.1, 0.15) is 19.0 Å². The van der Waals surface area contributed by atoms with Gasteiger partial charge in [-0.15, -0.1) is 0 Å². The van der Waals surface area contributed by atoms with Gasteiger partial charge in [-0.2, -0.15) is 0 Å². The first-order valence-electron chi connectivity index (χ1n) is 8.47. The molecular formula is C19H16ClFN2O4. The Morgan fingerprint density at radius 1 is 1.15 bits per heavy atom. The van der Waals surface area contributed by atoms with Crippen molar-refractivity contribution in [2.24, 2.45) is 5.92 Å². The van der Waals surface area contributed by atoms with Crippen molar-refractivity contribution in [3.8, 4) is 11.5 Å². The van der Waals surface area contributed by atoms with E-state index in [9.17, 15) is 14.0 Å². The van der Waals surface area contributed by atoms with Crippen LogP contribution < -0.4 is 19.7 Å². The molecule has 0 radical (unpaired) electrons. The van der Waals surface area contributed by atoms with Gasteiger partial charge in [0.25, 0.3) is 0 Å². The molecule has 0 bridgehead atoms. The third-order valence-corrected chi connectivity index (χ3v) is 4.76. The topological polar surface area (TPSA) is 67.9 Å². The monoisotopic (exact) mass is 390 g/mol. The van der Waals surface area contributed by atoms with Crippen molar-refractivity contribution in [1.29, 1.82) is 0 Å². The highest BCUT2D eigenvalue weighted by atomic mass is 35.5. The first kappa shape index (κ1) is 17.6. The second-order valence-electron chi connectivity index (χ2n) is 6.35. The van der Waals surface area contributed by atoms with Crippen LogP contribution in [0.1, 0.15) is 6.42 Å². The average molecular weight is 391 g/mol. The van der Waals surface area contributed by atoms with Gasteiger partial charge in [-0.3, -0.25) is 9.59 Å². The molecule has 0 aliphatic carbocycles. The Labute approximate surface area is 159 Å². The number of nitrogens with zero attached hydrogens (tertiary/aromatic N) is 1. The molecule has 8 heteroatoms. The summed E-state index contributed by atoms with van der Waals surface area (Å²) in [4.78, 5) is 26.4. The molecule has 1 fully saturated rings. The minimum atomic E-state index is -0.621. The number of benzene rings is 2. The van der Waals surface area contributed by atoms with Crippen LogP contribution in [0.15, 0.2) is 36.4 Å². The summed E-state index contributed by atoms with van der Waals surface area (Å²) in [5.41, 5.74) is 0.673. The number of rotatable bonds is 3. The molecule has 0 aromatic heterocycles. The zero-order chi connectivity index (χ0) is 19.0. The van der Waals surface area contributed by atoms with Gasteiger partial charge >= 0.3 is 0 Å². The summed E-state index contributed by atoms with van der Waals surface area (Å²) in [6.45, 7) is 1.14. The van der Waals surface area contributed by atoms with Gasteiger partial charge in [0.15, 0.2) is 11.5 Å². The van der Waals surface area contributed by atoms with Crippen LogP contribution in [-0.2, 0) is 9.59 Å². The molecule has 6 nitrogen and oxygen atoms in total. The lowest BCUT2D eigenvalue weighted by atomic mass is 10.1. The second-order valence-corrected chi connectivity index (χ2v) is 6.78. The van der Waals surface area contributed by atoms with E-state index >= 15 is 0 Å². The Morgan fingerprint density at radius 2 is 1.93 bits per heavy atom. The fraction of sp³-hybridized carbons (Fsp3) is 0.263. The number of hydrogen-bond acceptors (Lipinski definition) is 4. The number of anilines is 2. The number of fused-ring (bicyclic) bond motifs is 1. The lowest BCUT2D eigenvalue weighted by molar-refractivity contribution is -0.122. The third kappa shape index (κ3) is 3.55. The number of halogens is 2. The minimum Gasteiger partial charge on any atom is -0.486 e. The highest BCUT2D eigenvalue weighted by Crippen LogP contribution is 2.36. The predicted octanol–water partition coefficient (Wildman–Crippen LogP) is 3.24. The zero-order valence-corrected chi connectivity index (χ0v) is 15.0. The van der Waals surface area contributed by atoms with Crippen molar-refractivity contribution in [2.45, 2.75) is 6.42 Å². The van der Waals surface area contributed by atoms with Gasteiger partial charge in [-0.1, -0.05) is 11.6 Å². The normalized spacial score (nSPS) is 18.5. The van der Waals surface area contributed by atoms with Crippen LogP contribution in [0, 0.1) is 11.7 Å². The maximum Gasteiger partial charge on any atom is 0.229 e. The highest BCUT2D eigenvalue weighted by molar-refractivity contribution is 6.30. The lowest BCUT2D eigenvalue weighted by Crippen LogP contribution is -2.28. The first-order valence-corrected chi connectivity index (χ1v) is 8.85. The van der Waals surface area contributed by atoms with E-state index in [-0.39, 0.29) is 29.6 Å². The van der Waals surface area contributed by atoms with Crippen molar-refractivity contribution in [2.75, 3.05) is 30.0 Å². The van der Waals surface area contributed by atoms with Crippen LogP contribution in [0.3, 0.4) is 0 Å². The van der Waals surface area contributed by atoms with Crippen LogP contribution in [0.4, 0.5) is 15.8 Å². The molecule has 1 N–H and O–H groups in total. The maximum atomic E-state index is 13.9. The van der Waals surface area contributed by atoms with Crippen LogP contribution in [-0.4, -0.2) is 31.6 Å². The summed E-state index contributed by atoms with van der Waals surface area (Å²) in [5, 5.41) is 2.77. The van der Waals surface area contributed by atoms with Crippen LogP contribution in [0.5, 0.6) is 11.5 Å². The quantitative estimate of drug-likeness (QED) is 0.873. The summed E-state index contributed by atoms with van der Waals surface area (Å²) in [6, 6.07) is 9.23. The molecule has 1 atom stereocenters. The molecule has 1 saturated heterocycles. The van der Waals surface area contributed by atoms with Crippen molar-refractivity contribution in [3.63, 3.8) is 0 Å². The lowest BCUT2D eigenvalue weighted by Gasteiger charge is -2.22. The molecule has 27 heavy (non-hydrogen) atoms. The molecule has 2 aliphatic heterocycles. The maximum absolute atomic E-state index is 13.9. The Hall–Kier alpha value is -2.80. The average Bonchev–Trinajstić information content (AvgIpc) is 3.05. The van der Waals surface area contributed by atoms with Crippen LogP contribution in [0.25, 0.3) is 0 Å². The number of hydrogen-bond donors (Lipinski definition) is 1. The third-order valence-electron chi connectivity index (χ3n) is 4.52. The number of carbonyl (C=O) groups excluding carboxylic acids is 2. The van der Waals surface area contributed by atoms with E-state index in [1.165, 1.54) is 17.0 Å². The first-order chi connectivity index (χ1) is 13.0. The van der Waals surface area contributed by atoms with E-state index in [1.807, 2.05) is 0 Å². The zero-order valence-electron chi connectivity index (χ0n) is 14.2. The highest BCUT2D eigenvalue weighted by Gasteiger charge is 2.35. The van der Waals surface area contributed by atoms with E-state index in [2.05, 4.69) is 5.32 Å². The van der Waals surface area contributed by atoms with E-state index < -0.39 is 17.6 Å². The molecule has 4 rings (SSSR count). The fourth-order valence-electron chi connectivity index (χ4n) is 3.16. The number of ether oxygens (including phenoxy) is 2. The fourth-order valence-corrected chi connectivity index (χ4v) is 3.32. The molecule has 2 aliphatic rings. The molecule has 2 heterocycles. The van der Waals surface area contributed by atoms with Crippen molar-refractivity contribution in [3.05, 3.63) is 47.2 Å². The van der Waals surface area contributed by atoms with Gasteiger partial charge in [0, 0.05) is 29.7 Å². The van der Waals surface area contributed by atoms with E-state index in [0.29, 0.717) is 30.4 Å². The molecule has 0 unspecified atom stereocenters.